The van der Waals surface area contributed by atoms with E-state index in [1.54, 1.807) is 31.4 Å². The zero-order chi connectivity index (χ0) is 23.9. The van der Waals surface area contributed by atoms with Crippen molar-refractivity contribution in [2.45, 2.75) is 12.7 Å². The summed E-state index contributed by atoms with van der Waals surface area (Å²) in [7, 11) is 1.56. The molecule has 0 radical (unpaired) electrons. The molecule has 0 saturated heterocycles. The number of fused-ring (bicyclic) bond motifs is 1. The summed E-state index contributed by atoms with van der Waals surface area (Å²) in [6, 6.07) is 11.7. The van der Waals surface area contributed by atoms with Crippen LogP contribution in [-0.2, 0) is 12.7 Å². The predicted molar refractivity (Wildman–Crippen MR) is 114 cm³/mol. The number of benzene rings is 2. The molecule has 2 aromatic carbocycles. The van der Waals surface area contributed by atoms with Crippen molar-refractivity contribution in [1.29, 1.82) is 0 Å². The molecule has 12 heteroatoms. The van der Waals surface area contributed by atoms with Crippen LogP contribution in [0.15, 0.2) is 70.4 Å². The second kappa shape index (κ2) is 8.14. The van der Waals surface area contributed by atoms with Gasteiger partial charge in [-0.3, -0.25) is 9.36 Å². The fraction of sp³-hybridized carbons (Fsp3) is 0.136. The number of halogens is 3. The Kier molecular flexibility index (Phi) is 5.11. The Bertz CT molecular complexity index is 1540. The van der Waals surface area contributed by atoms with Crippen LogP contribution in [0.25, 0.3) is 28.1 Å². The van der Waals surface area contributed by atoms with E-state index in [1.165, 1.54) is 33.9 Å². The van der Waals surface area contributed by atoms with Crippen molar-refractivity contribution in [3.05, 3.63) is 82.9 Å². The van der Waals surface area contributed by atoms with Gasteiger partial charge < -0.3 is 9.26 Å². The Hall–Kier alpha value is -4.48. The summed E-state index contributed by atoms with van der Waals surface area (Å²) >= 11 is 0. The second-order valence-electron chi connectivity index (χ2n) is 7.26. The molecule has 5 aromatic rings. The van der Waals surface area contributed by atoms with Gasteiger partial charge in [0.05, 0.1) is 24.6 Å². The first-order valence-corrected chi connectivity index (χ1v) is 9.91. The maximum atomic E-state index is 13.0. The molecule has 0 N–H and O–H groups in total. The molecule has 0 amide bonds. The van der Waals surface area contributed by atoms with E-state index in [9.17, 15) is 18.0 Å². The van der Waals surface area contributed by atoms with Crippen LogP contribution in [0.3, 0.4) is 0 Å². The summed E-state index contributed by atoms with van der Waals surface area (Å²) in [6.45, 7) is -0.110. The predicted octanol–water partition coefficient (Wildman–Crippen LogP) is 3.71. The molecule has 172 valence electrons. The molecule has 9 nitrogen and oxygen atoms in total. The van der Waals surface area contributed by atoms with Crippen molar-refractivity contribution in [2.75, 3.05) is 7.11 Å². The van der Waals surface area contributed by atoms with Gasteiger partial charge in [0, 0.05) is 5.56 Å². The minimum absolute atomic E-state index is 0.0180. The topological polar surface area (TPSA) is 101 Å². The lowest BCUT2D eigenvalue weighted by Crippen LogP contribution is -2.21. The number of aromatic nitrogens is 6. The van der Waals surface area contributed by atoms with Crippen molar-refractivity contribution in [2.24, 2.45) is 0 Å². The zero-order valence-corrected chi connectivity index (χ0v) is 17.5. The van der Waals surface area contributed by atoms with E-state index in [4.69, 9.17) is 9.26 Å². The molecule has 0 saturated carbocycles. The third kappa shape index (κ3) is 3.89. The second-order valence-corrected chi connectivity index (χ2v) is 7.26. The Morgan fingerprint density at radius 2 is 1.91 bits per heavy atom. The number of hydrogen-bond acceptors (Lipinski definition) is 7. The van der Waals surface area contributed by atoms with Crippen molar-refractivity contribution < 1.29 is 22.4 Å². The maximum Gasteiger partial charge on any atom is 0.416 e. The van der Waals surface area contributed by atoms with Gasteiger partial charge in [-0.05, 0) is 36.4 Å². The van der Waals surface area contributed by atoms with E-state index in [-0.39, 0.29) is 34.8 Å². The molecule has 0 atom stereocenters. The summed E-state index contributed by atoms with van der Waals surface area (Å²) in [5.41, 5.74) is -0.00382. The first kappa shape index (κ1) is 21.4. The SMILES string of the molecule is COc1ccc(-n2ncc3c(=O)n(Cc4nc(-c5cccc(C(F)(F)F)c5)no4)cnc32)cc1. The molecule has 34 heavy (non-hydrogen) atoms. The molecule has 0 unspecified atom stereocenters. The molecular weight excluding hydrogens is 453 g/mol. The first-order valence-electron chi connectivity index (χ1n) is 9.91. The molecule has 0 aliphatic carbocycles. The number of hydrogen-bond donors (Lipinski definition) is 0. The van der Waals surface area contributed by atoms with E-state index >= 15 is 0 Å². The Balaban J connectivity index is 1.43. The van der Waals surface area contributed by atoms with E-state index in [1.807, 2.05) is 0 Å². The normalized spacial score (nSPS) is 11.8. The summed E-state index contributed by atoms with van der Waals surface area (Å²) in [5.74, 6) is 0.702. The summed E-state index contributed by atoms with van der Waals surface area (Å²) in [4.78, 5) is 21.4. The molecule has 3 heterocycles. The lowest BCUT2D eigenvalue weighted by atomic mass is 10.1. The fourth-order valence-corrected chi connectivity index (χ4v) is 3.39. The smallest absolute Gasteiger partial charge is 0.416 e. The van der Waals surface area contributed by atoms with Crippen molar-refractivity contribution in [1.82, 2.24) is 29.5 Å². The molecule has 5 rings (SSSR count). The number of nitrogens with zero attached hydrogens (tertiary/aromatic N) is 6. The third-order valence-electron chi connectivity index (χ3n) is 5.09. The Labute approximate surface area is 189 Å². The number of ether oxygens (including phenoxy) is 1. The Morgan fingerprint density at radius 1 is 1.12 bits per heavy atom. The summed E-state index contributed by atoms with van der Waals surface area (Å²) < 4.78 is 52.0. The summed E-state index contributed by atoms with van der Waals surface area (Å²) in [6.07, 6.45) is -1.76. The Morgan fingerprint density at radius 3 is 2.65 bits per heavy atom. The van der Waals surface area contributed by atoms with Gasteiger partial charge in [0.25, 0.3) is 5.56 Å². The molecule has 0 spiro atoms. The van der Waals surface area contributed by atoms with Crippen molar-refractivity contribution in [3.8, 4) is 22.8 Å². The highest BCUT2D eigenvalue weighted by Gasteiger charge is 2.30. The van der Waals surface area contributed by atoms with Crippen LogP contribution in [0.1, 0.15) is 11.5 Å². The first-order chi connectivity index (χ1) is 16.3. The zero-order valence-electron chi connectivity index (χ0n) is 17.5. The minimum atomic E-state index is -4.49. The highest BCUT2D eigenvalue weighted by Crippen LogP contribution is 2.31. The van der Waals surface area contributed by atoms with Gasteiger partial charge in [0.2, 0.25) is 11.7 Å². The average molecular weight is 468 g/mol. The fourth-order valence-electron chi connectivity index (χ4n) is 3.39. The van der Waals surface area contributed by atoms with Gasteiger partial charge in [0.1, 0.15) is 24.0 Å². The molecule has 0 fully saturated rings. The van der Waals surface area contributed by atoms with Crippen LogP contribution in [-0.4, -0.2) is 36.6 Å². The van der Waals surface area contributed by atoms with Crippen LogP contribution in [0, 0.1) is 0 Å². The van der Waals surface area contributed by atoms with Crippen molar-refractivity contribution >= 4 is 11.0 Å². The van der Waals surface area contributed by atoms with Crippen LogP contribution < -0.4 is 10.3 Å². The minimum Gasteiger partial charge on any atom is -0.497 e. The van der Waals surface area contributed by atoms with Crippen LogP contribution in [0.2, 0.25) is 0 Å². The summed E-state index contributed by atoms with van der Waals surface area (Å²) in [5, 5.41) is 8.27. The molecule has 3 aromatic heterocycles. The standard InChI is InChI=1S/C22H15F3N6O3/c1-33-16-7-5-15(6-8-16)31-20-17(10-27-31)21(32)30(12-26-20)11-18-28-19(29-34-18)13-3-2-4-14(9-13)22(23,24)25/h2-10,12H,11H2,1H3. The van der Waals surface area contributed by atoms with Gasteiger partial charge in [-0.25, -0.2) is 9.67 Å². The van der Waals surface area contributed by atoms with Crippen LogP contribution in [0.4, 0.5) is 13.2 Å². The lowest BCUT2D eigenvalue weighted by Gasteiger charge is -2.06. The van der Waals surface area contributed by atoms with Gasteiger partial charge in [-0.2, -0.15) is 23.3 Å². The number of alkyl halides is 3. The van der Waals surface area contributed by atoms with Crippen LogP contribution >= 0.6 is 0 Å². The number of rotatable bonds is 5. The van der Waals surface area contributed by atoms with Crippen LogP contribution in [0.5, 0.6) is 5.75 Å². The largest absolute Gasteiger partial charge is 0.497 e. The van der Waals surface area contributed by atoms with Gasteiger partial charge >= 0.3 is 6.18 Å². The highest BCUT2D eigenvalue weighted by molar-refractivity contribution is 5.75. The number of methoxy groups -OCH3 is 1. The quantitative estimate of drug-likeness (QED) is 0.388. The van der Waals surface area contributed by atoms with Crippen molar-refractivity contribution in [3.63, 3.8) is 0 Å². The molecule has 0 aliphatic heterocycles. The van der Waals surface area contributed by atoms with Gasteiger partial charge in [-0.1, -0.05) is 17.3 Å². The molecule has 0 aliphatic rings. The lowest BCUT2D eigenvalue weighted by molar-refractivity contribution is -0.137. The average Bonchev–Trinajstić information content (AvgIpc) is 3.48. The molecular formula is C22H15F3N6O3. The maximum absolute atomic E-state index is 13.0. The highest BCUT2D eigenvalue weighted by atomic mass is 19.4. The van der Waals surface area contributed by atoms with E-state index in [0.717, 1.165) is 12.1 Å². The molecule has 0 bridgehead atoms. The van der Waals surface area contributed by atoms with E-state index in [0.29, 0.717) is 17.1 Å². The van der Waals surface area contributed by atoms with Gasteiger partial charge in [-0.15, -0.1) is 0 Å². The van der Waals surface area contributed by atoms with Gasteiger partial charge in [0.15, 0.2) is 5.65 Å². The van der Waals surface area contributed by atoms with E-state index < -0.39 is 11.7 Å². The third-order valence-corrected chi connectivity index (χ3v) is 5.09. The monoisotopic (exact) mass is 468 g/mol. The van der Waals surface area contributed by atoms with E-state index in [2.05, 4.69) is 20.2 Å².